The third-order valence-corrected chi connectivity index (χ3v) is 6.82. The number of carbonyl (C=O) groups excluding carboxylic acids is 2. The van der Waals surface area contributed by atoms with E-state index in [2.05, 4.69) is 10.2 Å². The van der Waals surface area contributed by atoms with Crippen LogP contribution in [0.1, 0.15) is 48.0 Å². The van der Waals surface area contributed by atoms with E-state index in [0.29, 0.717) is 12.0 Å². The molecule has 1 unspecified atom stereocenters. The molecule has 1 aromatic rings. The van der Waals surface area contributed by atoms with E-state index in [1.54, 1.807) is 0 Å². The molecule has 27 heavy (non-hydrogen) atoms. The van der Waals surface area contributed by atoms with Crippen molar-refractivity contribution < 1.29 is 9.59 Å². The minimum atomic E-state index is -0.0381. The van der Waals surface area contributed by atoms with Gasteiger partial charge in [0.15, 0.2) is 0 Å². The fourth-order valence-electron chi connectivity index (χ4n) is 4.92. The first kappa shape index (κ1) is 18.5. The van der Waals surface area contributed by atoms with E-state index < -0.39 is 0 Å². The van der Waals surface area contributed by atoms with Crippen LogP contribution in [-0.2, 0) is 4.79 Å². The summed E-state index contributed by atoms with van der Waals surface area (Å²) in [5.74, 6) is 0.281. The summed E-state index contributed by atoms with van der Waals surface area (Å²) in [6.07, 6.45) is 5.29. The van der Waals surface area contributed by atoms with Gasteiger partial charge in [-0.15, -0.1) is 0 Å². The molecule has 1 spiro atoms. The Kier molecular flexibility index (Phi) is 5.22. The first-order chi connectivity index (χ1) is 13.1. The van der Waals surface area contributed by atoms with Crippen LogP contribution in [0.15, 0.2) is 24.3 Å². The van der Waals surface area contributed by atoms with E-state index in [4.69, 9.17) is 0 Å². The molecule has 5 nitrogen and oxygen atoms in total. The standard InChI is InChI=1S/C22H31N3O2/c1-17-4-6-18(7-5-17)20(26)25-12-2-3-19(15-25)21(27)24-13-9-22(10-14-24)8-11-23-16-22/h4-7,19,23H,2-3,8-16H2,1H3. The lowest BCUT2D eigenvalue weighted by atomic mass is 9.77. The minimum Gasteiger partial charge on any atom is -0.342 e. The maximum atomic E-state index is 13.1. The smallest absolute Gasteiger partial charge is 0.253 e. The zero-order chi connectivity index (χ0) is 18.9. The Bertz CT molecular complexity index is 684. The average molecular weight is 370 g/mol. The van der Waals surface area contributed by atoms with Crippen LogP contribution in [0.4, 0.5) is 0 Å². The van der Waals surface area contributed by atoms with Crippen molar-refractivity contribution in [1.29, 1.82) is 0 Å². The molecule has 146 valence electrons. The number of carbonyl (C=O) groups is 2. The SMILES string of the molecule is Cc1ccc(C(=O)N2CCCC(C(=O)N3CCC4(CCNC4)CC3)C2)cc1. The quantitative estimate of drug-likeness (QED) is 0.871. The van der Waals surface area contributed by atoms with E-state index in [1.807, 2.05) is 36.1 Å². The second-order valence-electron chi connectivity index (χ2n) is 8.71. The van der Waals surface area contributed by atoms with Crippen LogP contribution in [0.5, 0.6) is 0 Å². The Balaban J connectivity index is 1.35. The predicted octanol–water partition coefficient (Wildman–Crippen LogP) is 2.45. The number of aryl methyl sites for hydroxylation is 1. The van der Waals surface area contributed by atoms with Crippen molar-refractivity contribution in [3.05, 3.63) is 35.4 Å². The van der Waals surface area contributed by atoms with Gasteiger partial charge in [-0.1, -0.05) is 17.7 Å². The number of amides is 2. The first-order valence-electron chi connectivity index (χ1n) is 10.4. The van der Waals surface area contributed by atoms with Gasteiger partial charge < -0.3 is 15.1 Å². The number of benzene rings is 1. The monoisotopic (exact) mass is 369 g/mol. The predicted molar refractivity (Wildman–Crippen MR) is 106 cm³/mol. The van der Waals surface area contributed by atoms with E-state index in [-0.39, 0.29) is 17.7 Å². The molecule has 3 fully saturated rings. The summed E-state index contributed by atoms with van der Waals surface area (Å²) >= 11 is 0. The van der Waals surface area contributed by atoms with Crippen LogP contribution < -0.4 is 5.32 Å². The molecule has 1 N–H and O–H groups in total. The molecule has 3 aliphatic heterocycles. The molecule has 2 amide bonds. The van der Waals surface area contributed by atoms with Crippen molar-refractivity contribution in [2.45, 2.75) is 39.0 Å². The van der Waals surface area contributed by atoms with Crippen LogP contribution in [0, 0.1) is 18.3 Å². The van der Waals surface area contributed by atoms with E-state index in [9.17, 15) is 9.59 Å². The Labute approximate surface area is 162 Å². The molecule has 0 radical (unpaired) electrons. The molecule has 5 heteroatoms. The highest BCUT2D eigenvalue weighted by Crippen LogP contribution is 2.37. The summed E-state index contributed by atoms with van der Waals surface area (Å²) in [6, 6.07) is 7.73. The average Bonchev–Trinajstić information content (AvgIpc) is 3.16. The van der Waals surface area contributed by atoms with Gasteiger partial charge in [-0.3, -0.25) is 9.59 Å². The number of hydrogen-bond acceptors (Lipinski definition) is 3. The summed E-state index contributed by atoms with van der Waals surface area (Å²) in [6.45, 7) is 7.32. The highest BCUT2D eigenvalue weighted by Gasteiger charge is 2.40. The molecule has 3 heterocycles. The van der Waals surface area contributed by atoms with E-state index in [0.717, 1.165) is 69.5 Å². The lowest BCUT2D eigenvalue weighted by molar-refractivity contribution is -0.139. The van der Waals surface area contributed by atoms with Crippen molar-refractivity contribution in [3.63, 3.8) is 0 Å². The summed E-state index contributed by atoms with van der Waals surface area (Å²) in [7, 11) is 0. The molecule has 0 aromatic heterocycles. The van der Waals surface area contributed by atoms with Crippen molar-refractivity contribution in [3.8, 4) is 0 Å². The molecular weight excluding hydrogens is 338 g/mol. The van der Waals surface area contributed by atoms with Crippen LogP contribution in [0.3, 0.4) is 0 Å². The molecule has 3 saturated heterocycles. The van der Waals surface area contributed by atoms with Gasteiger partial charge in [0.2, 0.25) is 5.91 Å². The van der Waals surface area contributed by atoms with Crippen LogP contribution in [-0.4, -0.2) is 60.9 Å². The summed E-state index contributed by atoms with van der Waals surface area (Å²) in [5, 5.41) is 3.48. The number of likely N-dealkylation sites (tertiary alicyclic amines) is 2. The maximum absolute atomic E-state index is 13.1. The Hall–Kier alpha value is -1.88. The van der Waals surface area contributed by atoms with Gasteiger partial charge in [0.05, 0.1) is 5.92 Å². The Morgan fingerprint density at radius 1 is 1.04 bits per heavy atom. The summed E-state index contributed by atoms with van der Waals surface area (Å²) < 4.78 is 0. The lowest BCUT2D eigenvalue weighted by Gasteiger charge is -2.41. The van der Waals surface area contributed by atoms with E-state index in [1.165, 1.54) is 6.42 Å². The topological polar surface area (TPSA) is 52.7 Å². The van der Waals surface area contributed by atoms with Crippen LogP contribution in [0.2, 0.25) is 0 Å². The second-order valence-corrected chi connectivity index (χ2v) is 8.71. The number of rotatable bonds is 2. The Morgan fingerprint density at radius 3 is 2.44 bits per heavy atom. The fraction of sp³-hybridized carbons (Fsp3) is 0.636. The van der Waals surface area contributed by atoms with Gasteiger partial charge in [0.1, 0.15) is 0 Å². The number of piperidine rings is 2. The van der Waals surface area contributed by atoms with Crippen molar-refractivity contribution in [2.24, 2.45) is 11.3 Å². The molecule has 3 aliphatic rings. The molecule has 1 aromatic carbocycles. The van der Waals surface area contributed by atoms with Gasteiger partial charge in [-0.25, -0.2) is 0 Å². The van der Waals surface area contributed by atoms with Gasteiger partial charge in [0.25, 0.3) is 5.91 Å². The van der Waals surface area contributed by atoms with Gasteiger partial charge in [-0.2, -0.15) is 0 Å². The van der Waals surface area contributed by atoms with E-state index >= 15 is 0 Å². The summed E-state index contributed by atoms with van der Waals surface area (Å²) in [5.41, 5.74) is 2.30. The van der Waals surface area contributed by atoms with Crippen molar-refractivity contribution in [2.75, 3.05) is 39.3 Å². The zero-order valence-electron chi connectivity index (χ0n) is 16.4. The van der Waals surface area contributed by atoms with Gasteiger partial charge in [0, 0.05) is 38.3 Å². The number of hydrogen-bond donors (Lipinski definition) is 1. The van der Waals surface area contributed by atoms with Gasteiger partial charge >= 0.3 is 0 Å². The van der Waals surface area contributed by atoms with Crippen molar-refractivity contribution in [1.82, 2.24) is 15.1 Å². The van der Waals surface area contributed by atoms with Crippen LogP contribution >= 0.6 is 0 Å². The number of nitrogens with one attached hydrogen (secondary N) is 1. The first-order valence-corrected chi connectivity index (χ1v) is 10.4. The largest absolute Gasteiger partial charge is 0.342 e. The third-order valence-electron chi connectivity index (χ3n) is 6.82. The zero-order valence-corrected chi connectivity index (χ0v) is 16.4. The minimum absolute atomic E-state index is 0.0381. The van der Waals surface area contributed by atoms with Crippen molar-refractivity contribution >= 4 is 11.8 Å². The second kappa shape index (κ2) is 7.63. The molecule has 1 atom stereocenters. The third kappa shape index (κ3) is 3.88. The lowest BCUT2D eigenvalue weighted by Crippen LogP contribution is -2.50. The van der Waals surface area contributed by atoms with Crippen LogP contribution in [0.25, 0.3) is 0 Å². The molecule has 0 bridgehead atoms. The van der Waals surface area contributed by atoms with Gasteiger partial charge in [-0.05, 0) is 63.1 Å². The molecular formula is C22H31N3O2. The Morgan fingerprint density at radius 2 is 1.78 bits per heavy atom. The summed E-state index contributed by atoms with van der Waals surface area (Å²) in [4.78, 5) is 29.8. The highest BCUT2D eigenvalue weighted by atomic mass is 16.2. The maximum Gasteiger partial charge on any atom is 0.253 e. The highest BCUT2D eigenvalue weighted by molar-refractivity contribution is 5.94. The molecule has 4 rings (SSSR count). The molecule has 0 saturated carbocycles. The number of nitrogens with zero attached hydrogens (tertiary/aromatic N) is 2. The normalized spacial score (nSPS) is 25.0. The fourth-order valence-corrected chi connectivity index (χ4v) is 4.92. The molecule has 0 aliphatic carbocycles.